The van der Waals surface area contributed by atoms with Gasteiger partial charge in [0.1, 0.15) is 0 Å². The summed E-state index contributed by atoms with van der Waals surface area (Å²) in [5, 5.41) is 4.38. The summed E-state index contributed by atoms with van der Waals surface area (Å²) in [6, 6.07) is 17.0. The van der Waals surface area contributed by atoms with E-state index in [4.69, 9.17) is 11.6 Å². The Hall–Kier alpha value is -1.31. The Balaban J connectivity index is 2.29. The van der Waals surface area contributed by atoms with Gasteiger partial charge in [0.2, 0.25) is 0 Å². The summed E-state index contributed by atoms with van der Waals surface area (Å²) >= 11 is 5.97. The van der Waals surface area contributed by atoms with Gasteiger partial charge < -0.3 is 5.32 Å². The van der Waals surface area contributed by atoms with Crippen LogP contribution in [0.1, 0.15) is 36.1 Å². The number of benzene rings is 2. The van der Waals surface area contributed by atoms with Crippen molar-refractivity contribution in [1.82, 2.24) is 5.32 Å². The lowest BCUT2D eigenvalue weighted by atomic mass is 9.98. The molecular formula is C17H20ClN. The SMILES string of the molecule is CCCNC(c1ccc(C)cc1)c1ccc(Cl)cc1. The first-order chi connectivity index (χ1) is 9.20. The second-order valence-electron chi connectivity index (χ2n) is 4.85. The molecule has 0 radical (unpaired) electrons. The molecule has 1 atom stereocenters. The van der Waals surface area contributed by atoms with E-state index in [2.05, 4.69) is 55.6 Å². The van der Waals surface area contributed by atoms with Crippen molar-refractivity contribution in [3.8, 4) is 0 Å². The molecule has 1 nitrogen and oxygen atoms in total. The van der Waals surface area contributed by atoms with E-state index in [1.165, 1.54) is 16.7 Å². The lowest BCUT2D eigenvalue weighted by Gasteiger charge is -2.20. The van der Waals surface area contributed by atoms with Crippen molar-refractivity contribution in [3.05, 3.63) is 70.2 Å². The fourth-order valence-corrected chi connectivity index (χ4v) is 2.26. The third-order valence-electron chi connectivity index (χ3n) is 3.21. The van der Waals surface area contributed by atoms with E-state index in [-0.39, 0.29) is 6.04 Å². The van der Waals surface area contributed by atoms with Crippen LogP contribution in [0, 0.1) is 6.92 Å². The van der Waals surface area contributed by atoms with Gasteiger partial charge in [0.15, 0.2) is 0 Å². The van der Waals surface area contributed by atoms with Gasteiger partial charge in [-0.25, -0.2) is 0 Å². The van der Waals surface area contributed by atoms with Crippen LogP contribution in [0.25, 0.3) is 0 Å². The highest BCUT2D eigenvalue weighted by Gasteiger charge is 2.12. The molecule has 19 heavy (non-hydrogen) atoms. The van der Waals surface area contributed by atoms with Crippen molar-refractivity contribution in [1.29, 1.82) is 0 Å². The molecule has 1 N–H and O–H groups in total. The Morgan fingerprint density at radius 1 is 0.947 bits per heavy atom. The molecule has 2 heteroatoms. The first-order valence-corrected chi connectivity index (χ1v) is 7.14. The molecule has 0 spiro atoms. The molecule has 0 saturated heterocycles. The summed E-state index contributed by atoms with van der Waals surface area (Å²) in [6.45, 7) is 5.29. The minimum absolute atomic E-state index is 0.234. The monoisotopic (exact) mass is 273 g/mol. The quantitative estimate of drug-likeness (QED) is 0.830. The van der Waals surface area contributed by atoms with Crippen LogP contribution in [0.3, 0.4) is 0 Å². The predicted octanol–water partition coefficient (Wildman–Crippen LogP) is 4.74. The van der Waals surface area contributed by atoms with Gasteiger partial charge in [0, 0.05) is 5.02 Å². The summed E-state index contributed by atoms with van der Waals surface area (Å²) in [6.07, 6.45) is 1.12. The molecule has 0 aromatic heterocycles. The Labute approximate surface area is 120 Å². The third kappa shape index (κ3) is 3.82. The van der Waals surface area contributed by atoms with Crippen LogP contribution in [0.2, 0.25) is 5.02 Å². The molecule has 2 aromatic carbocycles. The Morgan fingerprint density at radius 3 is 2.00 bits per heavy atom. The number of halogens is 1. The summed E-state index contributed by atoms with van der Waals surface area (Å²) in [5.41, 5.74) is 3.83. The third-order valence-corrected chi connectivity index (χ3v) is 3.46. The zero-order valence-corrected chi connectivity index (χ0v) is 12.2. The standard InChI is InChI=1S/C17H20ClN/c1-3-12-19-17(14-6-4-13(2)5-7-14)15-8-10-16(18)11-9-15/h4-11,17,19H,3,12H2,1-2H3. The van der Waals surface area contributed by atoms with Gasteiger partial charge in [-0.05, 0) is 43.1 Å². The van der Waals surface area contributed by atoms with Crippen LogP contribution in [0.15, 0.2) is 48.5 Å². The summed E-state index contributed by atoms with van der Waals surface area (Å²) in [5.74, 6) is 0. The van der Waals surface area contributed by atoms with Crippen molar-refractivity contribution in [2.45, 2.75) is 26.3 Å². The number of hydrogen-bond donors (Lipinski definition) is 1. The van der Waals surface area contributed by atoms with Gasteiger partial charge in [-0.15, -0.1) is 0 Å². The first kappa shape index (κ1) is 14.1. The van der Waals surface area contributed by atoms with E-state index >= 15 is 0 Å². The van der Waals surface area contributed by atoms with Gasteiger partial charge in [-0.1, -0.05) is 60.5 Å². The zero-order chi connectivity index (χ0) is 13.7. The van der Waals surface area contributed by atoms with E-state index in [0.29, 0.717) is 0 Å². The lowest BCUT2D eigenvalue weighted by molar-refractivity contribution is 0.598. The summed E-state index contributed by atoms with van der Waals surface area (Å²) < 4.78 is 0. The van der Waals surface area contributed by atoms with Crippen molar-refractivity contribution >= 4 is 11.6 Å². The van der Waals surface area contributed by atoms with Crippen molar-refractivity contribution in [2.75, 3.05) is 6.54 Å². The molecule has 0 heterocycles. The van der Waals surface area contributed by atoms with E-state index < -0.39 is 0 Å². The van der Waals surface area contributed by atoms with Crippen molar-refractivity contribution in [2.24, 2.45) is 0 Å². The first-order valence-electron chi connectivity index (χ1n) is 6.76. The molecule has 0 aliphatic rings. The minimum Gasteiger partial charge on any atom is -0.306 e. The molecule has 2 rings (SSSR count). The van der Waals surface area contributed by atoms with Crippen molar-refractivity contribution in [3.63, 3.8) is 0 Å². The minimum atomic E-state index is 0.234. The molecule has 0 aliphatic heterocycles. The smallest absolute Gasteiger partial charge is 0.0576 e. The highest BCUT2D eigenvalue weighted by Crippen LogP contribution is 2.23. The second kappa shape index (κ2) is 6.74. The number of hydrogen-bond acceptors (Lipinski definition) is 1. The maximum Gasteiger partial charge on any atom is 0.0576 e. The maximum atomic E-state index is 5.97. The maximum absolute atomic E-state index is 5.97. The van der Waals surface area contributed by atoms with Gasteiger partial charge in [-0.3, -0.25) is 0 Å². The van der Waals surface area contributed by atoms with Crippen LogP contribution in [-0.2, 0) is 0 Å². The fraction of sp³-hybridized carbons (Fsp3) is 0.294. The Bertz CT molecular complexity index is 456. The fourth-order valence-electron chi connectivity index (χ4n) is 2.13. The number of aryl methyl sites for hydroxylation is 1. The zero-order valence-electron chi connectivity index (χ0n) is 11.5. The van der Waals surface area contributed by atoms with Crippen molar-refractivity contribution < 1.29 is 0 Å². The van der Waals surface area contributed by atoms with Gasteiger partial charge in [0.25, 0.3) is 0 Å². The normalized spacial score (nSPS) is 12.4. The van der Waals surface area contributed by atoms with Gasteiger partial charge in [-0.2, -0.15) is 0 Å². The summed E-state index contributed by atoms with van der Waals surface area (Å²) in [7, 11) is 0. The van der Waals surface area contributed by atoms with Crippen LogP contribution < -0.4 is 5.32 Å². The van der Waals surface area contributed by atoms with E-state index in [1.54, 1.807) is 0 Å². The van der Waals surface area contributed by atoms with E-state index in [1.807, 2.05) is 12.1 Å². The molecule has 0 fully saturated rings. The molecule has 2 aromatic rings. The average Bonchev–Trinajstić information content (AvgIpc) is 2.43. The number of nitrogens with one attached hydrogen (secondary N) is 1. The van der Waals surface area contributed by atoms with E-state index in [0.717, 1.165) is 18.0 Å². The lowest BCUT2D eigenvalue weighted by Crippen LogP contribution is -2.23. The van der Waals surface area contributed by atoms with Gasteiger partial charge in [0.05, 0.1) is 6.04 Å². The van der Waals surface area contributed by atoms with Crippen LogP contribution in [0.4, 0.5) is 0 Å². The molecule has 0 aliphatic carbocycles. The van der Waals surface area contributed by atoms with Crippen LogP contribution >= 0.6 is 11.6 Å². The molecule has 1 unspecified atom stereocenters. The van der Waals surface area contributed by atoms with Crippen LogP contribution in [0.5, 0.6) is 0 Å². The molecule has 0 amide bonds. The predicted molar refractivity (Wildman–Crippen MR) is 82.8 cm³/mol. The molecular weight excluding hydrogens is 254 g/mol. The second-order valence-corrected chi connectivity index (χ2v) is 5.29. The number of rotatable bonds is 5. The largest absolute Gasteiger partial charge is 0.306 e. The highest BCUT2D eigenvalue weighted by molar-refractivity contribution is 6.30. The summed E-state index contributed by atoms with van der Waals surface area (Å²) in [4.78, 5) is 0. The molecule has 100 valence electrons. The van der Waals surface area contributed by atoms with E-state index in [9.17, 15) is 0 Å². The molecule has 0 bridgehead atoms. The Kier molecular flexibility index (Phi) is 5.00. The Morgan fingerprint density at radius 2 is 1.47 bits per heavy atom. The average molecular weight is 274 g/mol. The van der Waals surface area contributed by atoms with Gasteiger partial charge >= 0.3 is 0 Å². The topological polar surface area (TPSA) is 12.0 Å². The highest BCUT2D eigenvalue weighted by atomic mass is 35.5. The molecule has 0 saturated carbocycles. The van der Waals surface area contributed by atoms with Crippen LogP contribution in [-0.4, -0.2) is 6.54 Å².